The van der Waals surface area contributed by atoms with Crippen molar-refractivity contribution in [2.45, 2.75) is 5.41 Å². The summed E-state index contributed by atoms with van der Waals surface area (Å²) in [7, 11) is 0. The minimum absolute atomic E-state index is 0.554. The maximum atomic E-state index is 6.68. The van der Waals surface area contributed by atoms with E-state index in [2.05, 4.69) is 254 Å². The van der Waals surface area contributed by atoms with E-state index >= 15 is 0 Å². The van der Waals surface area contributed by atoms with Crippen LogP contribution in [-0.2, 0) is 5.41 Å². The average molecular weight is 884 g/mol. The van der Waals surface area contributed by atoms with Crippen LogP contribution in [0, 0.1) is 0 Å². The van der Waals surface area contributed by atoms with Crippen molar-refractivity contribution in [3.05, 3.63) is 271 Å². The fourth-order valence-electron chi connectivity index (χ4n) is 11.4. The van der Waals surface area contributed by atoms with E-state index in [0.717, 1.165) is 39.7 Å². The lowest BCUT2D eigenvalue weighted by Gasteiger charge is -2.39. The number of ether oxygens (including phenoxy) is 1. The predicted octanol–water partition coefficient (Wildman–Crippen LogP) is 18.1. The molecule has 0 saturated heterocycles. The van der Waals surface area contributed by atoms with Gasteiger partial charge in [0, 0.05) is 48.2 Å². The van der Waals surface area contributed by atoms with Crippen molar-refractivity contribution < 1.29 is 4.74 Å². The van der Waals surface area contributed by atoms with Crippen molar-refractivity contribution in [1.82, 2.24) is 0 Å². The highest BCUT2D eigenvalue weighted by Crippen LogP contribution is 2.63. The molecular formula is C65H41NOS. The molecule has 0 atom stereocenters. The van der Waals surface area contributed by atoms with Gasteiger partial charge in [0.05, 0.1) is 11.1 Å². The Bertz CT molecular complexity index is 3930. The van der Waals surface area contributed by atoms with E-state index < -0.39 is 5.41 Å². The number of nitrogens with zero attached hydrogens (tertiary/aromatic N) is 1. The van der Waals surface area contributed by atoms with E-state index in [1.807, 2.05) is 11.3 Å². The second-order valence-corrected chi connectivity index (χ2v) is 19.0. The number of fused-ring (bicyclic) bond motifs is 13. The minimum atomic E-state index is -0.554. The number of hydrogen-bond donors (Lipinski definition) is 0. The van der Waals surface area contributed by atoms with Crippen molar-refractivity contribution in [3.63, 3.8) is 0 Å². The summed E-state index contributed by atoms with van der Waals surface area (Å²) >= 11 is 1.88. The maximum Gasteiger partial charge on any atom is 0.132 e. The molecule has 0 radical (unpaired) electrons. The second-order valence-electron chi connectivity index (χ2n) is 17.9. The first kappa shape index (κ1) is 38.7. The van der Waals surface area contributed by atoms with Gasteiger partial charge in [0.1, 0.15) is 11.5 Å². The highest BCUT2D eigenvalue weighted by Gasteiger charge is 2.51. The Hall–Kier alpha value is -8.50. The average Bonchev–Trinajstić information content (AvgIpc) is 3.94. The van der Waals surface area contributed by atoms with Crippen LogP contribution in [0.2, 0.25) is 0 Å². The normalized spacial score (nSPS) is 12.9. The Kier molecular flexibility index (Phi) is 8.71. The van der Waals surface area contributed by atoms with Crippen molar-refractivity contribution in [2.75, 3.05) is 4.90 Å². The van der Waals surface area contributed by atoms with Crippen LogP contribution in [0.4, 0.5) is 17.1 Å². The first-order chi connectivity index (χ1) is 33.7. The van der Waals surface area contributed by atoms with Gasteiger partial charge >= 0.3 is 0 Å². The van der Waals surface area contributed by atoms with Crippen LogP contribution in [0.5, 0.6) is 11.5 Å². The zero-order chi connectivity index (χ0) is 44.8. The topological polar surface area (TPSA) is 12.5 Å². The molecule has 0 unspecified atom stereocenters. The van der Waals surface area contributed by atoms with Crippen LogP contribution in [0.1, 0.15) is 22.3 Å². The molecule has 68 heavy (non-hydrogen) atoms. The van der Waals surface area contributed by atoms with Crippen LogP contribution in [-0.4, -0.2) is 0 Å². The molecule has 2 heterocycles. The molecule has 14 rings (SSSR count). The summed E-state index contributed by atoms with van der Waals surface area (Å²) in [5.74, 6) is 1.79. The van der Waals surface area contributed by atoms with Crippen molar-refractivity contribution in [1.29, 1.82) is 0 Å². The minimum Gasteiger partial charge on any atom is -0.457 e. The Balaban J connectivity index is 1.04. The van der Waals surface area contributed by atoms with Gasteiger partial charge < -0.3 is 9.64 Å². The van der Waals surface area contributed by atoms with Gasteiger partial charge in [0.25, 0.3) is 0 Å². The lowest BCUT2D eigenvalue weighted by Crippen LogP contribution is -2.32. The fraction of sp³-hybridized carbons (Fsp3) is 0.0154. The Morgan fingerprint density at radius 2 is 0.971 bits per heavy atom. The molecule has 0 bridgehead atoms. The van der Waals surface area contributed by atoms with Gasteiger partial charge in [-0.05, 0) is 115 Å². The molecule has 11 aromatic carbocycles. The molecule has 0 saturated carbocycles. The molecular weight excluding hydrogens is 843 g/mol. The van der Waals surface area contributed by atoms with Crippen LogP contribution < -0.4 is 9.64 Å². The Morgan fingerprint density at radius 1 is 0.353 bits per heavy atom. The number of anilines is 3. The largest absolute Gasteiger partial charge is 0.457 e. The molecule has 1 aliphatic heterocycles. The molecule has 0 amide bonds. The zero-order valence-electron chi connectivity index (χ0n) is 36.9. The third-order valence-corrected chi connectivity index (χ3v) is 15.5. The molecule has 1 spiro atoms. The lowest BCUT2D eigenvalue weighted by atomic mass is 9.66. The van der Waals surface area contributed by atoms with E-state index in [1.54, 1.807) is 0 Å². The SMILES string of the molecule is c1ccc(-c2ccccc2-c2ccc(N(c3cccc(-c4ccc5ccccc5c4)c3)c3ccc4c(c3)-c3ccccc3C43c4ccccc4Oc4ccccc43)c3c2sc2ccccc23)cc1. The van der Waals surface area contributed by atoms with Crippen LogP contribution in [0.15, 0.2) is 249 Å². The van der Waals surface area contributed by atoms with Gasteiger partial charge in [-0.3, -0.25) is 0 Å². The number of rotatable bonds is 6. The summed E-state index contributed by atoms with van der Waals surface area (Å²) in [4.78, 5) is 2.51. The lowest BCUT2D eigenvalue weighted by molar-refractivity contribution is 0.436. The smallest absolute Gasteiger partial charge is 0.132 e. The van der Waals surface area contributed by atoms with Gasteiger partial charge in [-0.25, -0.2) is 0 Å². The van der Waals surface area contributed by atoms with E-state index in [0.29, 0.717) is 0 Å². The number of thiophene rings is 1. The molecule has 0 fully saturated rings. The molecule has 2 aliphatic rings. The monoisotopic (exact) mass is 883 g/mol. The van der Waals surface area contributed by atoms with Crippen LogP contribution >= 0.6 is 11.3 Å². The first-order valence-corrected chi connectivity index (χ1v) is 24.1. The molecule has 3 heteroatoms. The standard InChI is InChI=1S/C65H41NOS/c1-2-18-43(19-3-1)49-23-6-7-24-50(49)52-36-38-59(63-53-26-9-15-32-62(53)68-64(52)63)66(47-22-16-21-45(40-47)46-34-33-42-17-4-5-20-44(42)39-46)48-35-37-56-54(41-48)51-25-8-10-27-55(51)65(56)57-28-11-13-30-60(57)67-61-31-14-12-29-58(61)65/h1-41H. The first-order valence-electron chi connectivity index (χ1n) is 23.3. The van der Waals surface area contributed by atoms with Crippen molar-refractivity contribution in [2.24, 2.45) is 0 Å². The fourth-order valence-corrected chi connectivity index (χ4v) is 12.7. The molecule has 1 aromatic heterocycles. The van der Waals surface area contributed by atoms with Gasteiger partial charge in [-0.15, -0.1) is 11.3 Å². The van der Waals surface area contributed by atoms with Gasteiger partial charge in [-0.1, -0.05) is 194 Å². The summed E-state index contributed by atoms with van der Waals surface area (Å²) in [6.45, 7) is 0. The molecule has 0 N–H and O–H groups in total. The van der Waals surface area contributed by atoms with Crippen molar-refractivity contribution >= 4 is 59.3 Å². The third-order valence-electron chi connectivity index (χ3n) is 14.3. The van der Waals surface area contributed by atoms with E-state index in [4.69, 9.17) is 4.74 Å². The maximum absolute atomic E-state index is 6.68. The highest BCUT2D eigenvalue weighted by molar-refractivity contribution is 7.26. The van der Waals surface area contributed by atoms with Crippen LogP contribution in [0.25, 0.3) is 75.5 Å². The molecule has 1 aliphatic carbocycles. The summed E-state index contributed by atoms with van der Waals surface area (Å²) in [6.07, 6.45) is 0. The quantitative estimate of drug-likeness (QED) is 0.165. The molecule has 12 aromatic rings. The Morgan fingerprint density at radius 3 is 1.79 bits per heavy atom. The number of para-hydroxylation sites is 2. The summed E-state index contributed by atoms with van der Waals surface area (Å²) in [5, 5.41) is 4.96. The van der Waals surface area contributed by atoms with Gasteiger partial charge in [0.2, 0.25) is 0 Å². The number of hydrogen-bond acceptors (Lipinski definition) is 3. The van der Waals surface area contributed by atoms with Gasteiger partial charge in [-0.2, -0.15) is 0 Å². The summed E-state index contributed by atoms with van der Waals surface area (Å²) in [6, 6.07) is 91.2. The van der Waals surface area contributed by atoms with E-state index in [-0.39, 0.29) is 0 Å². The van der Waals surface area contributed by atoms with Gasteiger partial charge in [0.15, 0.2) is 0 Å². The Labute approximate surface area is 399 Å². The van der Waals surface area contributed by atoms with E-state index in [1.165, 1.54) is 86.6 Å². The number of benzene rings is 11. The zero-order valence-corrected chi connectivity index (χ0v) is 37.8. The third kappa shape index (κ3) is 5.76. The second kappa shape index (κ2) is 15.3. The summed E-state index contributed by atoms with van der Waals surface area (Å²) in [5.41, 5.74) is 17.3. The molecule has 2 nitrogen and oxygen atoms in total. The van der Waals surface area contributed by atoms with E-state index in [9.17, 15) is 0 Å². The highest BCUT2D eigenvalue weighted by atomic mass is 32.1. The predicted molar refractivity (Wildman–Crippen MR) is 285 cm³/mol. The van der Waals surface area contributed by atoms with Crippen molar-refractivity contribution in [3.8, 4) is 56.0 Å². The molecule has 318 valence electrons. The summed E-state index contributed by atoms with van der Waals surface area (Å²) < 4.78 is 9.21. The van der Waals surface area contributed by atoms with Crippen LogP contribution in [0.3, 0.4) is 0 Å².